The summed E-state index contributed by atoms with van der Waals surface area (Å²) in [5.74, 6) is 0.921. The lowest BCUT2D eigenvalue weighted by Gasteiger charge is -2.21. The van der Waals surface area contributed by atoms with Gasteiger partial charge in [-0.2, -0.15) is 5.10 Å². The Bertz CT molecular complexity index is 538. The van der Waals surface area contributed by atoms with Gasteiger partial charge in [0, 0.05) is 40.9 Å². The molecule has 1 aromatic carbocycles. The van der Waals surface area contributed by atoms with Crippen molar-refractivity contribution in [1.82, 2.24) is 9.78 Å². The largest absolute Gasteiger partial charge is 0.326 e. The summed E-state index contributed by atoms with van der Waals surface area (Å²) < 4.78 is 1.83. The second kappa shape index (κ2) is 7.16. The van der Waals surface area contributed by atoms with E-state index in [-0.39, 0.29) is 11.3 Å². The number of hydrogen-bond acceptors (Lipinski definition) is 3. The third-order valence-electron chi connectivity index (χ3n) is 3.26. The number of nitrogens with two attached hydrogens (primary N) is 1. The Kier molecular flexibility index (Phi) is 5.52. The molecule has 0 fully saturated rings. The summed E-state index contributed by atoms with van der Waals surface area (Å²) in [4.78, 5) is 0. The van der Waals surface area contributed by atoms with Gasteiger partial charge in [-0.05, 0) is 24.1 Å². The van der Waals surface area contributed by atoms with Crippen molar-refractivity contribution in [1.29, 1.82) is 0 Å². The van der Waals surface area contributed by atoms with E-state index in [2.05, 4.69) is 30.4 Å². The molecule has 5 heteroatoms. The molecule has 2 N–H and O–H groups in total. The molecule has 0 spiro atoms. The van der Waals surface area contributed by atoms with Crippen molar-refractivity contribution in [2.24, 2.45) is 12.8 Å². The lowest BCUT2D eigenvalue weighted by molar-refractivity contribution is 0.633. The predicted molar refractivity (Wildman–Crippen MR) is 87.0 cm³/mol. The number of rotatable bonds is 6. The van der Waals surface area contributed by atoms with Gasteiger partial charge in [-0.25, -0.2) is 0 Å². The highest BCUT2D eigenvalue weighted by molar-refractivity contribution is 7.98. The third-order valence-corrected chi connectivity index (χ3v) is 4.99. The monoisotopic (exact) mass is 309 g/mol. The van der Waals surface area contributed by atoms with Gasteiger partial charge in [0.05, 0.1) is 6.20 Å². The molecule has 0 bridgehead atoms. The Morgan fingerprint density at radius 2 is 2.05 bits per heavy atom. The van der Waals surface area contributed by atoms with Crippen molar-refractivity contribution in [3.63, 3.8) is 0 Å². The molecule has 2 rings (SSSR count). The molecule has 0 radical (unpaired) electrons. The Balaban J connectivity index is 2.06. The van der Waals surface area contributed by atoms with E-state index in [0.717, 1.165) is 17.2 Å². The number of thioether (sulfide) groups is 1. The molecule has 2 atom stereocenters. The maximum atomic E-state index is 6.27. The van der Waals surface area contributed by atoms with Crippen molar-refractivity contribution in [2.75, 3.05) is 0 Å². The Morgan fingerprint density at radius 1 is 1.35 bits per heavy atom. The van der Waals surface area contributed by atoms with Crippen LogP contribution in [0.25, 0.3) is 0 Å². The highest BCUT2D eigenvalue weighted by Crippen LogP contribution is 2.34. The highest BCUT2D eigenvalue weighted by Gasteiger charge is 2.20. The van der Waals surface area contributed by atoms with Crippen molar-refractivity contribution in [2.45, 2.75) is 30.4 Å². The van der Waals surface area contributed by atoms with E-state index >= 15 is 0 Å². The van der Waals surface area contributed by atoms with Crippen LogP contribution >= 0.6 is 23.4 Å². The van der Waals surface area contributed by atoms with Crippen LogP contribution in [-0.2, 0) is 12.8 Å². The van der Waals surface area contributed by atoms with Crippen molar-refractivity contribution in [3.05, 3.63) is 52.8 Å². The maximum Gasteiger partial charge on any atom is 0.0533 e. The zero-order valence-corrected chi connectivity index (χ0v) is 13.4. The zero-order chi connectivity index (χ0) is 14.5. The lowest BCUT2D eigenvalue weighted by Crippen LogP contribution is -2.25. The SMILES string of the molecule is CCC(N)C(SCc1ccc(Cl)cc1)c1cnn(C)c1. The first-order valence-corrected chi connectivity index (χ1v) is 8.13. The van der Waals surface area contributed by atoms with Gasteiger partial charge in [0.25, 0.3) is 0 Å². The van der Waals surface area contributed by atoms with Crippen LogP contribution in [0.2, 0.25) is 5.02 Å². The van der Waals surface area contributed by atoms with Gasteiger partial charge in [-0.1, -0.05) is 30.7 Å². The number of aryl methyl sites for hydroxylation is 1. The van der Waals surface area contributed by atoms with E-state index in [1.165, 1.54) is 11.1 Å². The number of aromatic nitrogens is 2. The second-order valence-corrected chi connectivity index (χ2v) is 6.44. The van der Waals surface area contributed by atoms with Gasteiger partial charge < -0.3 is 5.73 Å². The molecule has 0 amide bonds. The minimum Gasteiger partial charge on any atom is -0.326 e. The van der Waals surface area contributed by atoms with E-state index in [1.807, 2.05) is 41.8 Å². The minimum absolute atomic E-state index is 0.136. The van der Waals surface area contributed by atoms with Gasteiger partial charge >= 0.3 is 0 Å². The smallest absolute Gasteiger partial charge is 0.0533 e. The average molecular weight is 310 g/mol. The molecule has 0 saturated heterocycles. The Morgan fingerprint density at radius 3 is 2.60 bits per heavy atom. The normalized spacial score (nSPS) is 14.2. The van der Waals surface area contributed by atoms with Gasteiger partial charge in [0.15, 0.2) is 0 Å². The highest BCUT2D eigenvalue weighted by atomic mass is 35.5. The first-order chi connectivity index (χ1) is 9.60. The topological polar surface area (TPSA) is 43.8 Å². The molecule has 1 aromatic heterocycles. The van der Waals surface area contributed by atoms with Crippen LogP contribution in [0.1, 0.15) is 29.7 Å². The number of benzene rings is 1. The quantitative estimate of drug-likeness (QED) is 0.883. The average Bonchev–Trinajstić information content (AvgIpc) is 2.87. The Hall–Kier alpha value is -0.970. The molecule has 108 valence electrons. The number of nitrogens with zero attached hydrogens (tertiary/aromatic N) is 2. The van der Waals surface area contributed by atoms with Crippen LogP contribution < -0.4 is 5.73 Å². The maximum absolute atomic E-state index is 6.27. The fraction of sp³-hybridized carbons (Fsp3) is 0.400. The van der Waals surface area contributed by atoms with Crippen molar-refractivity contribution in [3.8, 4) is 0 Å². The molecule has 20 heavy (non-hydrogen) atoms. The van der Waals surface area contributed by atoms with Gasteiger partial charge in [0.1, 0.15) is 0 Å². The van der Waals surface area contributed by atoms with Crippen LogP contribution in [-0.4, -0.2) is 15.8 Å². The lowest BCUT2D eigenvalue weighted by atomic mass is 10.1. The minimum atomic E-state index is 0.136. The molecule has 0 aliphatic carbocycles. The number of halogens is 1. The fourth-order valence-electron chi connectivity index (χ4n) is 2.03. The molecule has 0 aliphatic heterocycles. The fourth-order valence-corrected chi connectivity index (χ4v) is 3.48. The van der Waals surface area contributed by atoms with Crippen LogP contribution in [0.15, 0.2) is 36.7 Å². The van der Waals surface area contributed by atoms with Crippen LogP contribution in [0.4, 0.5) is 0 Å². The molecule has 2 unspecified atom stereocenters. The van der Waals surface area contributed by atoms with Crippen LogP contribution in [0, 0.1) is 0 Å². The first kappa shape index (κ1) is 15.4. The van der Waals surface area contributed by atoms with E-state index in [9.17, 15) is 0 Å². The molecule has 2 aromatic rings. The van der Waals surface area contributed by atoms with E-state index < -0.39 is 0 Å². The van der Waals surface area contributed by atoms with Crippen molar-refractivity contribution >= 4 is 23.4 Å². The second-order valence-electron chi connectivity index (χ2n) is 4.88. The van der Waals surface area contributed by atoms with Gasteiger partial charge in [-0.15, -0.1) is 11.8 Å². The summed E-state index contributed by atoms with van der Waals surface area (Å²) >= 11 is 7.77. The third kappa shape index (κ3) is 4.01. The van der Waals surface area contributed by atoms with E-state index in [0.29, 0.717) is 0 Å². The summed E-state index contributed by atoms with van der Waals surface area (Å²) in [6.07, 6.45) is 4.91. The first-order valence-electron chi connectivity index (χ1n) is 6.70. The summed E-state index contributed by atoms with van der Waals surface area (Å²) in [5.41, 5.74) is 8.72. The molecule has 0 aliphatic rings. The summed E-state index contributed by atoms with van der Waals surface area (Å²) in [6, 6.07) is 8.11. The van der Waals surface area contributed by atoms with E-state index in [1.54, 1.807) is 0 Å². The molecule has 3 nitrogen and oxygen atoms in total. The molecule has 0 saturated carbocycles. The summed E-state index contributed by atoms with van der Waals surface area (Å²) in [7, 11) is 1.93. The predicted octanol–water partition coefficient (Wildman–Crippen LogP) is 3.79. The van der Waals surface area contributed by atoms with Crippen LogP contribution in [0.3, 0.4) is 0 Å². The summed E-state index contributed by atoms with van der Waals surface area (Å²) in [6.45, 7) is 2.12. The number of hydrogen-bond donors (Lipinski definition) is 1. The standard InChI is InChI=1S/C15H20ClN3S/c1-3-14(17)15(12-8-18-19(2)9-12)20-10-11-4-6-13(16)7-5-11/h4-9,14-15H,3,10,17H2,1-2H3. The zero-order valence-electron chi connectivity index (χ0n) is 11.8. The van der Waals surface area contributed by atoms with Crippen molar-refractivity contribution < 1.29 is 0 Å². The van der Waals surface area contributed by atoms with E-state index in [4.69, 9.17) is 17.3 Å². The summed E-state index contributed by atoms with van der Waals surface area (Å²) in [5, 5.41) is 5.29. The molecular weight excluding hydrogens is 290 g/mol. The Labute approximate surface area is 129 Å². The molecular formula is C15H20ClN3S. The van der Waals surface area contributed by atoms with Gasteiger partial charge in [0.2, 0.25) is 0 Å². The van der Waals surface area contributed by atoms with Gasteiger partial charge in [-0.3, -0.25) is 4.68 Å². The van der Waals surface area contributed by atoms with Crippen LogP contribution in [0.5, 0.6) is 0 Å². The molecule has 1 heterocycles.